The van der Waals surface area contributed by atoms with Gasteiger partial charge in [-0.3, -0.25) is 0 Å². The summed E-state index contributed by atoms with van der Waals surface area (Å²) in [5, 5.41) is 11.2. The average Bonchev–Trinajstić information content (AvgIpc) is 2.48. The van der Waals surface area contributed by atoms with E-state index in [1.807, 2.05) is 30.3 Å². The highest BCUT2D eigenvalue weighted by Gasteiger charge is 2.04. The van der Waals surface area contributed by atoms with E-state index >= 15 is 0 Å². The van der Waals surface area contributed by atoms with E-state index in [4.69, 9.17) is 9.47 Å². The molecular weight excluding hydrogens is 242 g/mol. The van der Waals surface area contributed by atoms with Gasteiger partial charge in [0, 0.05) is 19.3 Å². The van der Waals surface area contributed by atoms with Crippen molar-refractivity contribution in [1.82, 2.24) is 15.5 Å². The molecule has 5 nitrogen and oxygen atoms in total. The summed E-state index contributed by atoms with van der Waals surface area (Å²) in [5.74, 6) is 1.47. The first-order valence-electron chi connectivity index (χ1n) is 6.01. The van der Waals surface area contributed by atoms with Gasteiger partial charge in [0.2, 0.25) is 0 Å². The molecule has 0 atom stereocenters. The smallest absolute Gasteiger partial charge is 0.161 e. The summed E-state index contributed by atoms with van der Waals surface area (Å²) in [7, 11) is 3.26. The number of aromatic nitrogens is 2. The van der Waals surface area contributed by atoms with Crippen molar-refractivity contribution in [3.05, 3.63) is 47.8 Å². The largest absolute Gasteiger partial charge is 0.493 e. The Morgan fingerprint density at radius 3 is 2.58 bits per heavy atom. The van der Waals surface area contributed by atoms with Crippen LogP contribution in [0.2, 0.25) is 0 Å². The Morgan fingerprint density at radius 1 is 1.05 bits per heavy atom. The number of methoxy groups -OCH3 is 2. The Bertz CT molecular complexity index is 517. The summed E-state index contributed by atoms with van der Waals surface area (Å²) in [5.41, 5.74) is 2.05. The lowest BCUT2D eigenvalue weighted by atomic mass is 10.2. The highest BCUT2D eigenvalue weighted by molar-refractivity contribution is 5.42. The van der Waals surface area contributed by atoms with E-state index in [0.717, 1.165) is 29.3 Å². The van der Waals surface area contributed by atoms with Gasteiger partial charge in [0.05, 0.1) is 19.9 Å². The molecular formula is C14H17N3O2. The molecule has 0 unspecified atom stereocenters. The molecule has 0 bridgehead atoms. The van der Waals surface area contributed by atoms with Crippen LogP contribution in [0, 0.1) is 0 Å². The van der Waals surface area contributed by atoms with Gasteiger partial charge in [-0.05, 0) is 29.8 Å². The standard InChI is InChI=1S/C14H17N3O2/c1-18-13-6-5-11(8-14(13)19-2)9-15-10-12-4-3-7-16-17-12/h3-8,15H,9-10H2,1-2H3. The fourth-order valence-electron chi connectivity index (χ4n) is 1.75. The van der Waals surface area contributed by atoms with Crippen LogP contribution in [0.1, 0.15) is 11.3 Å². The number of ether oxygens (including phenoxy) is 2. The first-order valence-corrected chi connectivity index (χ1v) is 6.01. The predicted octanol–water partition coefficient (Wildman–Crippen LogP) is 1.78. The van der Waals surface area contributed by atoms with Gasteiger partial charge < -0.3 is 14.8 Å². The van der Waals surface area contributed by atoms with Crippen LogP contribution >= 0.6 is 0 Å². The summed E-state index contributed by atoms with van der Waals surface area (Å²) >= 11 is 0. The van der Waals surface area contributed by atoms with Gasteiger partial charge >= 0.3 is 0 Å². The maximum absolute atomic E-state index is 5.27. The van der Waals surface area contributed by atoms with E-state index in [2.05, 4.69) is 15.5 Å². The van der Waals surface area contributed by atoms with Gasteiger partial charge in [-0.2, -0.15) is 10.2 Å². The van der Waals surface area contributed by atoms with Crippen LogP contribution in [0.3, 0.4) is 0 Å². The molecule has 1 aromatic heterocycles. The fourth-order valence-corrected chi connectivity index (χ4v) is 1.75. The highest BCUT2D eigenvalue weighted by atomic mass is 16.5. The minimum absolute atomic E-state index is 0.683. The Kier molecular flexibility index (Phi) is 4.69. The SMILES string of the molecule is COc1ccc(CNCc2cccnn2)cc1OC. The fraction of sp³-hybridized carbons (Fsp3) is 0.286. The van der Waals surface area contributed by atoms with Crippen molar-refractivity contribution < 1.29 is 9.47 Å². The van der Waals surface area contributed by atoms with Crippen molar-refractivity contribution >= 4 is 0 Å². The first kappa shape index (κ1) is 13.3. The van der Waals surface area contributed by atoms with Gasteiger partial charge in [-0.25, -0.2) is 0 Å². The quantitative estimate of drug-likeness (QED) is 0.857. The zero-order valence-electron chi connectivity index (χ0n) is 11.1. The summed E-state index contributed by atoms with van der Waals surface area (Å²) in [6, 6.07) is 9.68. The molecule has 0 amide bonds. The topological polar surface area (TPSA) is 56.3 Å². The molecule has 0 aliphatic rings. The Balaban J connectivity index is 1.93. The molecule has 2 rings (SSSR count). The van der Waals surface area contributed by atoms with E-state index in [9.17, 15) is 0 Å². The van der Waals surface area contributed by atoms with Crippen molar-refractivity contribution in [3.63, 3.8) is 0 Å². The third-order valence-electron chi connectivity index (χ3n) is 2.71. The minimum Gasteiger partial charge on any atom is -0.493 e. The van der Waals surface area contributed by atoms with Crippen LogP contribution in [-0.2, 0) is 13.1 Å². The number of hydrogen-bond donors (Lipinski definition) is 1. The monoisotopic (exact) mass is 259 g/mol. The van der Waals surface area contributed by atoms with E-state index in [1.165, 1.54) is 0 Å². The minimum atomic E-state index is 0.683. The Labute approximate surface area is 112 Å². The lowest BCUT2D eigenvalue weighted by Crippen LogP contribution is -2.14. The molecule has 1 N–H and O–H groups in total. The Hall–Kier alpha value is -2.14. The molecule has 1 heterocycles. The van der Waals surface area contributed by atoms with E-state index in [0.29, 0.717) is 6.54 Å². The third kappa shape index (κ3) is 3.66. The van der Waals surface area contributed by atoms with Crippen LogP contribution in [0.25, 0.3) is 0 Å². The molecule has 0 aliphatic heterocycles. The maximum atomic E-state index is 5.27. The van der Waals surface area contributed by atoms with Crippen LogP contribution in [0.5, 0.6) is 11.5 Å². The second-order valence-electron chi connectivity index (χ2n) is 4.01. The normalized spacial score (nSPS) is 10.2. The van der Waals surface area contributed by atoms with Crippen LogP contribution < -0.4 is 14.8 Å². The molecule has 0 fully saturated rings. The van der Waals surface area contributed by atoms with Crippen LogP contribution in [0.4, 0.5) is 0 Å². The van der Waals surface area contributed by atoms with Crippen molar-refractivity contribution in [3.8, 4) is 11.5 Å². The molecule has 0 radical (unpaired) electrons. The molecule has 0 saturated heterocycles. The summed E-state index contributed by atoms with van der Waals surface area (Å²) in [6.07, 6.45) is 1.66. The molecule has 0 saturated carbocycles. The predicted molar refractivity (Wildman–Crippen MR) is 72.1 cm³/mol. The molecule has 100 valence electrons. The van der Waals surface area contributed by atoms with E-state index in [1.54, 1.807) is 20.4 Å². The molecule has 19 heavy (non-hydrogen) atoms. The molecule has 0 spiro atoms. The number of rotatable bonds is 6. The van der Waals surface area contributed by atoms with Crippen molar-refractivity contribution in [2.24, 2.45) is 0 Å². The van der Waals surface area contributed by atoms with Crippen molar-refractivity contribution in [1.29, 1.82) is 0 Å². The lowest BCUT2D eigenvalue weighted by molar-refractivity contribution is 0.354. The molecule has 0 aliphatic carbocycles. The average molecular weight is 259 g/mol. The lowest BCUT2D eigenvalue weighted by Gasteiger charge is -2.10. The summed E-state index contributed by atoms with van der Waals surface area (Å²) in [6.45, 7) is 1.42. The zero-order valence-corrected chi connectivity index (χ0v) is 11.1. The number of nitrogens with zero attached hydrogens (tertiary/aromatic N) is 2. The van der Waals surface area contributed by atoms with Gasteiger partial charge in [0.25, 0.3) is 0 Å². The number of hydrogen-bond acceptors (Lipinski definition) is 5. The summed E-state index contributed by atoms with van der Waals surface area (Å²) in [4.78, 5) is 0. The zero-order chi connectivity index (χ0) is 13.5. The molecule has 2 aromatic rings. The van der Waals surface area contributed by atoms with Crippen LogP contribution in [0.15, 0.2) is 36.5 Å². The van der Waals surface area contributed by atoms with E-state index in [-0.39, 0.29) is 0 Å². The second-order valence-corrected chi connectivity index (χ2v) is 4.01. The molecule has 1 aromatic carbocycles. The van der Waals surface area contributed by atoms with Gasteiger partial charge in [-0.1, -0.05) is 6.07 Å². The van der Waals surface area contributed by atoms with Crippen molar-refractivity contribution in [2.45, 2.75) is 13.1 Å². The Morgan fingerprint density at radius 2 is 1.89 bits per heavy atom. The highest BCUT2D eigenvalue weighted by Crippen LogP contribution is 2.27. The number of benzene rings is 1. The first-order chi connectivity index (χ1) is 9.33. The number of nitrogens with one attached hydrogen (secondary N) is 1. The van der Waals surface area contributed by atoms with Gasteiger partial charge in [0.1, 0.15) is 0 Å². The van der Waals surface area contributed by atoms with Crippen molar-refractivity contribution in [2.75, 3.05) is 14.2 Å². The third-order valence-corrected chi connectivity index (χ3v) is 2.71. The maximum Gasteiger partial charge on any atom is 0.161 e. The second kappa shape index (κ2) is 6.70. The van der Waals surface area contributed by atoms with Gasteiger partial charge in [0.15, 0.2) is 11.5 Å². The van der Waals surface area contributed by atoms with E-state index < -0.39 is 0 Å². The van der Waals surface area contributed by atoms with Gasteiger partial charge in [-0.15, -0.1) is 0 Å². The van der Waals surface area contributed by atoms with Crippen LogP contribution in [-0.4, -0.2) is 24.4 Å². The molecule has 5 heteroatoms. The summed E-state index contributed by atoms with van der Waals surface area (Å²) < 4.78 is 10.5.